The number of carboxylic acids is 1. The van der Waals surface area contributed by atoms with Gasteiger partial charge in [-0.2, -0.15) is 4.98 Å². The molecule has 3 heterocycles. The largest absolute Gasteiger partial charge is 0.481 e. The van der Waals surface area contributed by atoms with Crippen molar-refractivity contribution < 1.29 is 18.7 Å². The number of anilines is 4. The molecule has 2 aromatic carbocycles. The van der Waals surface area contributed by atoms with Crippen molar-refractivity contribution in [1.29, 1.82) is 0 Å². The van der Waals surface area contributed by atoms with E-state index < -0.39 is 17.3 Å². The Balaban J connectivity index is 1.35. The van der Waals surface area contributed by atoms with E-state index in [1.807, 2.05) is 42.2 Å². The highest BCUT2D eigenvalue weighted by atomic mass is 35.5. The minimum Gasteiger partial charge on any atom is -0.481 e. The molecule has 1 aliphatic carbocycles. The molecular weight excluding hydrogens is 548 g/mol. The molecule has 2 unspecified atom stereocenters. The summed E-state index contributed by atoms with van der Waals surface area (Å²) in [6.45, 7) is 3.99. The van der Waals surface area contributed by atoms with Crippen LogP contribution in [-0.4, -0.2) is 52.0 Å². The summed E-state index contributed by atoms with van der Waals surface area (Å²) in [6.07, 6.45) is 3.47. The number of alkyl halides is 2. The Labute approximate surface area is 243 Å². The molecule has 0 radical (unpaired) electrons. The van der Waals surface area contributed by atoms with Gasteiger partial charge in [0.1, 0.15) is 5.02 Å². The number of carboxylic acid groups (broad SMARTS) is 1. The number of benzene rings is 2. The van der Waals surface area contributed by atoms with Crippen LogP contribution in [0.2, 0.25) is 5.02 Å². The number of halogens is 3. The summed E-state index contributed by atoms with van der Waals surface area (Å²) < 4.78 is 28.9. The predicted molar refractivity (Wildman–Crippen MR) is 156 cm³/mol. The Morgan fingerprint density at radius 1 is 1.27 bits per heavy atom. The number of hydrogen-bond donors (Lipinski definition) is 2. The van der Waals surface area contributed by atoms with Crippen molar-refractivity contribution in [3.63, 3.8) is 0 Å². The summed E-state index contributed by atoms with van der Waals surface area (Å²) in [5.41, 5.74) is 5.27. The number of aromatic nitrogens is 2. The number of para-hydroxylation sites is 1. The van der Waals surface area contributed by atoms with E-state index in [1.165, 1.54) is 11.8 Å². The number of fused-ring (bicyclic) bond motifs is 2. The minimum absolute atomic E-state index is 0.0269. The molecule has 7 nitrogen and oxygen atoms in total. The van der Waals surface area contributed by atoms with E-state index in [0.29, 0.717) is 29.8 Å². The zero-order valence-electron chi connectivity index (χ0n) is 23.3. The van der Waals surface area contributed by atoms with Crippen LogP contribution in [0, 0.1) is 0 Å². The lowest BCUT2D eigenvalue weighted by molar-refractivity contribution is -0.138. The Morgan fingerprint density at radius 3 is 2.85 bits per heavy atom. The molecule has 0 saturated heterocycles. The van der Waals surface area contributed by atoms with Crippen molar-refractivity contribution in [2.75, 3.05) is 30.4 Å². The first-order chi connectivity index (χ1) is 19.5. The molecule has 1 saturated carbocycles. The van der Waals surface area contributed by atoms with Crippen LogP contribution in [0.1, 0.15) is 67.2 Å². The number of aliphatic carboxylic acids is 1. The first-order valence-corrected chi connectivity index (χ1v) is 14.5. The van der Waals surface area contributed by atoms with E-state index in [2.05, 4.69) is 28.3 Å². The summed E-state index contributed by atoms with van der Waals surface area (Å²) in [5, 5.41) is 13.3. The first-order valence-electron chi connectivity index (χ1n) is 14.1. The SMILES string of the molecule is CN1CCc2c(cc(Nc3ncc(Cl)c(N4CC(C)(CC(=O)O)c5ccccc54)n3)cc2C2CCCC(F)(F)C2)C1. The highest BCUT2D eigenvalue weighted by molar-refractivity contribution is 6.33. The topological polar surface area (TPSA) is 81.6 Å². The number of rotatable bonds is 6. The van der Waals surface area contributed by atoms with Gasteiger partial charge in [0.15, 0.2) is 5.82 Å². The highest BCUT2D eigenvalue weighted by Crippen LogP contribution is 2.48. The summed E-state index contributed by atoms with van der Waals surface area (Å²) in [6, 6.07) is 11.8. The Bertz CT molecular complexity index is 1500. The van der Waals surface area contributed by atoms with Gasteiger partial charge in [-0.25, -0.2) is 13.8 Å². The lowest BCUT2D eigenvalue weighted by Crippen LogP contribution is -2.31. The Kier molecular flexibility index (Phi) is 7.14. The number of nitrogens with zero attached hydrogens (tertiary/aromatic N) is 4. The van der Waals surface area contributed by atoms with E-state index >= 15 is 0 Å². The lowest BCUT2D eigenvalue weighted by atomic mass is 9.78. The maximum Gasteiger partial charge on any atom is 0.304 e. The molecule has 0 spiro atoms. The second kappa shape index (κ2) is 10.5. The van der Waals surface area contributed by atoms with Crippen molar-refractivity contribution >= 4 is 40.7 Å². The molecule has 10 heteroatoms. The third kappa shape index (κ3) is 5.49. The van der Waals surface area contributed by atoms with E-state index in [9.17, 15) is 18.7 Å². The molecule has 6 rings (SSSR count). The van der Waals surface area contributed by atoms with Gasteiger partial charge in [0.05, 0.1) is 12.6 Å². The van der Waals surface area contributed by atoms with E-state index in [1.54, 1.807) is 0 Å². The summed E-state index contributed by atoms with van der Waals surface area (Å²) >= 11 is 6.62. The smallest absolute Gasteiger partial charge is 0.304 e. The molecule has 1 fully saturated rings. The van der Waals surface area contributed by atoms with Crippen LogP contribution in [0.4, 0.5) is 31.9 Å². The maximum absolute atomic E-state index is 14.4. The van der Waals surface area contributed by atoms with Gasteiger partial charge >= 0.3 is 5.97 Å². The van der Waals surface area contributed by atoms with E-state index in [-0.39, 0.29) is 25.2 Å². The van der Waals surface area contributed by atoms with Gasteiger partial charge in [-0.1, -0.05) is 36.7 Å². The second-order valence-electron chi connectivity index (χ2n) is 12.1. The van der Waals surface area contributed by atoms with E-state index in [0.717, 1.165) is 54.0 Å². The van der Waals surface area contributed by atoms with E-state index in [4.69, 9.17) is 16.6 Å². The first kappa shape index (κ1) is 27.8. The van der Waals surface area contributed by atoms with Gasteiger partial charge in [-0.3, -0.25) is 4.79 Å². The van der Waals surface area contributed by atoms with Crippen molar-refractivity contribution in [3.8, 4) is 0 Å². The minimum atomic E-state index is -2.64. The van der Waals surface area contributed by atoms with Crippen LogP contribution in [0.3, 0.4) is 0 Å². The molecule has 41 heavy (non-hydrogen) atoms. The third-order valence-corrected chi connectivity index (χ3v) is 9.04. The molecule has 2 atom stereocenters. The van der Waals surface area contributed by atoms with Crippen molar-refractivity contribution in [2.24, 2.45) is 0 Å². The molecule has 3 aliphatic rings. The number of hydrogen-bond acceptors (Lipinski definition) is 6. The van der Waals surface area contributed by atoms with Gasteiger partial charge in [0.2, 0.25) is 11.9 Å². The maximum atomic E-state index is 14.4. The van der Waals surface area contributed by atoms with Gasteiger partial charge in [-0.05, 0) is 72.7 Å². The normalized spacial score (nSPS) is 23.6. The highest BCUT2D eigenvalue weighted by Gasteiger charge is 2.42. The molecule has 0 bridgehead atoms. The molecular formula is C31H34ClF2N5O2. The van der Waals surface area contributed by atoms with Gasteiger partial charge in [-0.15, -0.1) is 0 Å². The average molecular weight is 582 g/mol. The molecule has 216 valence electrons. The van der Waals surface area contributed by atoms with Crippen LogP contribution in [0.25, 0.3) is 0 Å². The number of nitrogens with one attached hydrogen (secondary N) is 1. The zero-order chi connectivity index (χ0) is 28.9. The average Bonchev–Trinajstić information content (AvgIpc) is 3.20. The summed E-state index contributed by atoms with van der Waals surface area (Å²) in [7, 11) is 2.07. The van der Waals surface area contributed by atoms with Crippen LogP contribution >= 0.6 is 11.6 Å². The molecule has 1 aromatic heterocycles. The standard InChI is InChI=1S/C31H34ClF2N5O2/c1-30(15-27(40)41)18-39(26-8-4-3-7-24(26)30)28-25(32)16-35-29(37-28)36-21-12-20-17-38(2)11-9-22(20)23(13-21)19-6-5-10-31(33,34)14-19/h3-4,7-8,12-13,16,19H,5-6,9-11,14-15,17-18H2,1-2H3,(H,40,41)(H,35,36,37). The van der Waals surface area contributed by atoms with Crippen molar-refractivity contribution in [2.45, 2.75) is 69.2 Å². The van der Waals surface area contributed by atoms with Crippen LogP contribution < -0.4 is 10.2 Å². The van der Waals surface area contributed by atoms with Gasteiger partial charge in [0, 0.05) is 49.3 Å². The molecule has 2 aliphatic heterocycles. The fourth-order valence-corrected chi connectivity index (χ4v) is 7.09. The molecule has 2 N–H and O–H groups in total. The second-order valence-corrected chi connectivity index (χ2v) is 12.5. The molecule has 0 amide bonds. The van der Waals surface area contributed by atoms with Crippen LogP contribution in [0.15, 0.2) is 42.6 Å². The monoisotopic (exact) mass is 581 g/mol. The zero-order valence-corrected chi connectivity index (χ0v) is 24.0. The number of likely N-dealkylation sites (N-methyl/N-ethyl adjacent to an activating group) is 1. The molecule has 3 aromatic rings. The Hall–Kier alpha value is -3.30. The van der Waals surface area contributed by atoms with Crippen LogP contribution in [-0.2, 0) is 23.2 Å². The summed E-state index contributed by atoms with van der Waals surface area (Å²) in [4.78, 5) is 25.1. The van der Waals surface area contributed by atoms with Gasteiger partial charge < -0.3 is 20.2 Å². The van der Waals surface area contributed by atoms with Crippen molar-refractivity contribution in [1.82, 2.24) is 14.9 Å². The Morgan fingerprint density at radius 2 is 2.07 bits per heavy atom. The van der Waals surface area contributed by atoms with Crippen molar-refractivity contribution in [3.05, 3.63) is 69.9 Å². The lowest BCUT2D eigenvalue weighted by Gasteiger charge is -2.34. The third-order valence-electron chi connectivity index (χ3n) is 8.77. The fraction of sp³-hybridized carbons (Fsp3) is 0.452. The number of carbonyl (C=O) groups is 1. The predicted octanol–water partition coefficient (Wildman–Crippen LogP) is 7.04. The summed E-state index contributed by atoms with van der Waals surface area (Å²) in [5.74, 6) is -2.88. The quantitative estimate of drug-likeness (QED) is 0.323. The van der Waals surface area contributed by atoms with Crippen LogP contribution in [0.5, 0.6) is 0 Å². The fourth-order valence-electron chi connectivity index (χ4n) is 6.90. The van der Waals surface area contributed by atoms with Gasteiger partial charge in [0.25, 0.3) is 0 Å².